The number of hydrogen-bond donors (Lipinski definition) is 0. The molecule has 0 fully saturated rings. The molecule has 0 atom stereocenters. The third-order valence-corrected chi connectivity index (χ3v) is 0.519. The molecule has 0 aromatic carbocycles. The highest BCUT2D eigenvalue weighted by Gasteiger charge is 1.85. The van der Waals surface area contributed by atoms with E-state index in [2.05, 4.69) is 6.58 Å². The van der Waals surface area contributed by atoms with Gasteiger partial charge in [0.05, 0.1) is 2.74 Å². The highest BCUT2D eigenvalue weighted by atomic mass is 15.1. The molecular formula is C8H15N. The monoisotopic (exact) mass is 137 g/mol. The largest absolute Gasteiger partial charge is 0.378 e. The second-order valence-electron chi connectivity index (χ2n) is 1.04. The Hall–Kier alpha value is -0.720. The van der Waals surface area contributed by atoms with Crippen LogP contribution in [0.15, 0.2) is 24.9 Å². The fourth-order valence-corrected chi connectivity index (χ4v) is 0.203. The zero-order valence-electron chi connectivity index (χ0n) is 16.7. The van der Waals surface area contributed by atoms with Gasteiger partial charge < -0.3 is 4.90 Å². The Morgan fingerprint density at radius 2 is 2.44 bits per heavy atom. The summed E-state index contributed by atoms with van der Waals surface area (Å²) in [6.45, 7) is -10.7. The van der Waals surface area contributed by atoms with Gasteiger partial charge in [-0.15, -0.1) is 0 Å². The summed E-state index contributed by atoms with van der Waals surface area (Å²) < 4.78 is 87.4. The normalized spacial score (nSPS) is 36.7. The first-order chi connectivity index (χ1) is 8.96. The molecule has 1 nitrogen and oxygen atoms in total. The molecule has 0 aliphatic rings. The van der Waals surface area contributed by atoms with Crippen molar-refractivity contribution in [2.45, 2.75) is 13.7 Å². The molecule has 0 radical (unpaired) electrons. The maximum atomic E-state index is 7.56. The van der Waals surface area contributed by atoms with Gasteiger partial charge in [-0.05, 0) is 26.0 Å². The molecule has 0 aliphatic carbocycles. The van der Waals surface area contributed by atoms with E-state index in [1.165, 1.54) is 0 Å². The van der Waals surface area contributed by atoms with Crippen molar-refractivity contribution < 1.29 is 16.4 Å². The van der Waals surface area contributed by atoms with E-state index in [4.69, 9.17) is 16.4 Å². The lowest BCUT2D eigenvalue weighted by Crippen LogP contribution is -2.14. The van der Waals surface area contributed by atoms with Gasteiger partial charge in [0.1, 0.15) is 0 Å². The van der Waals surface area contributed by atoms with Crippen LogP contribution in [0.5, 0.6) is 0 Å². The minimum atomic E-state index is -3.48. The van der Waals surface area contributed by atoms with Crippen molar-refractivity contribution in [1.82, 2.24) is 4.90 Å². The zero-order valence-corrected chi connectivity index (χ0v) is 4.73. The van der Waals surface area contributed by atoms with E-state index in [1.54, 1.807) is 0 Å². The Morgan fingerprint density at radius 1 is 1.78 bits per heavy atom. The standard InChI is InChI=1S/C8H15N/c1-4-7-8-9(5-2)6-3/h4,7-8H,1,5-6H2,2-3H3/b8-7+/i2D3,3D3,4D,5D2,6D2,8D. The van der Waals surface area contributed by atoms with Crippen LogP contribution in [0.4, 0.5) is 0 Å². The topological polar surface area (TPSA) is 3.24 Å². The van der Waals surface area contributed by atoms with Gasteiger partial charge >= 0.3 is 0 Å². The molecule has 0 saturated heterocycles. The molecule has 0 aromatic rings. The molecule has 0 heterocycles. The van der Waals surface area contributed by atoms with Crippen LogP contribution in [0.1, 0.15) is 30.2 Å². The van der Waals surface area contributed by atoms with Crippen LogP contribution in [0.3, 0.4) is 0 Å². The van der Waals surface area contributed by atoms with Crippen LogP contribution < -0.4 is 0 Å². The van der Waals surface area contributed by atoms with Crippen molar-refractivity contribution in [3.63, 3.8) is 0 Å². The van der Waals surface area contributed by atoms with Crippen LogP contribution in [-0.2, 0) is 0 Å². The number of hydrogen-bond acceptors (Lipinski definition) is 1. The van der Waals surface area contributed by atoms with Gasteiger partial charge in [0.2, 0.25) is 0 Å². The molecule has 0 rings (SSSR count). The van der Waals surface area contributed by atoms with Crippen molar-refractivity contribution in [1.29, 1.82) is 0 Å². The van der Waals surface area contributed by atoms with E-state index in [-0.39, 0.29) is 4.90 Å². The van der Waals surface area contributed by atoms with Crippen LogP contribution in [0, 0.1) is 0 Å². The molecule has 0 unspecified atom stereocenters. The van der Waals surface area contributed by atoms with E-state index in [0.29, 0.717) is 6.08 Å². The Labute approximate surface area is 74.5 Å². The van der Waals surface area contributed by atoms with Crippen LogP contribution in [0.2, 0.25) is 0 Å². The van der Waals surface area contributed by atoms with Gasteiger partial charge in [0, 0.05) is 26.7 Å². The second kappa shape index (κ2) is 5.42. The second-order valence-corrected chi connectivity index (χ2v) is 1.04. The maximum Gasteiger partial charge on any atom is 0.0814 e. The molecule has 0 aliphatic heterocycles. The van der Waals surface area contributed by atoms with Crippen molar-refractivity contribution in [3.05, 3.63) is 24.9 Å². The molecule has 0 saturated carbocycles. The van der Waals surface area contributed by atoms with Crippen molar-refractivity contribution >= 4 is 0 Å². The first-order valence-electron chi connectivity index (χ1n) is 8.10. The number of nitrogens with zero attached hydrogens (tertiary/aromatic N) is 1. The summed E-state index contributed by atoms with van der Waals surface area (Å²) >= 11 is 0. The minimum absolute atomic E-state index is 0.306. The van der Waals surface area contributed by atoms with Crippen LogP contribution in [-0.4, -0.2) is 17.9 Å². The summed E-state index contributed by atoms with van der Waals surface area (Å²) in [7, 11) is 0. The molecule has 9 heavy (non-hydrogen) atoms. The van der Waals surface area contributed by atoms with E-state index in [9.17, 15) is 0 Å². The molecular weight excluding hydrogens is 110 g/mol. The zero-order chi connectivity index (χ0) is 17.4. The lowest BCUT2D eigenvalue weighted by atomic mass is 10.5. The van der Waals surface area contributed by atoms with Gasteiger partial charge in [-0.2, -0.15) is 0 Å². The SMILES string of the molecule is [2H]C(=C)/C=C(\[2H])N(C([2H])([2H])C([2H])([2H])[2H])C([2H])([2H])C([2H])([2H])[2H]. The average Bonchev–Trinajstić information content (AvgIpc) is 2.10. The Balaban J connectivity index is 6.26. The molecule has 0 bridgehead atoms. The smallest absolute Gasteiger partial charge is 0.0814 e. The first-order valence-corrected chi connectivity index (χ1v) is 2.10. The molecule has 0 spiro atoms. The quantitative estimate of drug-likeness (QED) is 0.536. The highest BCUT2D eigenvalue weighted by Crippen LogP contribution is 1.87. The Kier molecular flexibility index (Phi) is 0.711. The predicted molar refractivity (Wildman–Crippen MR) is 42.3 cm³/mol. The summed E-state index contributed by atoms with van der Waals surface area (Å²) in [5.41, 5.74) is 0. The van der Waals surface area contributed by atoms with Crippen molar-refractivity contribution in [2.24, 2.45) is 0 Å². The third-order valence-electron chi connectivity index (χ3n) is 0.519. The fourth-order valence-electron chi connectivity index (χ4n) is 0.203. The van der Waals surface area contributed by atoms with E-state index >= 15 is 0 Å². The summed E-state index contributed by atoms with van der Waals surface area (Å²) in [5.74, 6) is 0. The van der Waals surface area contributed by atoms with Gasteiger partial charge in [-0.3, -0.25) is 0 Å². The number of rotatable bonds is 4. The summed E-state index contributed by atoms with van der Waals surface area (Å²) in [5, 5.41) is 0. The number of allylic oxidation sites excluding steroid dienone is 2. The molecule has 0 amide bonds. The summed E-state index contributed by atoms with van der Waals surface area (Å²) in [4.78, 5) is -0.306. The van der Waals surface area contributed by atoms with E-state index in [0.717, 1.165) is 0 Å². The van der Waals surface area contributed by atoms with Crippen molar-refractivity contribution in [3.8, 4) is 0 Å². The maximum absolute atomic E-state index is 7.56. The van der Waals surface area contributed by atoms with E-state index in [1.807, 2.05) is 0 Å². The average molecular weight is 137 g/mol. The van der Waals surface area contributed by atoms with Gasteiger partial charge in [-0.1, -0.05) is 12.6 Å². The summed E-state index contributed by atoms with van der Waals surface area (Å²) in [6.07, 6.45) is -0.551. The lowest BCUT2D eigenvalue weighted by Gasteiger charge is -2.13. The molecule has 52 valence electrons. The Bertz CT molecular complexity index is 402. The minimum Gasteiger partial charge on any atom is -0.378 e. The summed E-state index contributed by atoms with van der Waals surface area (Å²) in [6, 6.07) is -0.535. The molecule has 0 N–H and O–H groups in total. The van der Waals surface area contributed by atoms with Gasteiger partial charge in [-0.25, -0.2) is 0 Å². The Morgan fingerprint density at radius 3 is 2.89 bits per heavy atom. The van der Waals surface area contributed by atoms with Crippen molar-refractivity contribution in [2.75, 3.05) is 13.0 Å². The highest BCUT2D eigenvalue weighted by molar-refractivity contribution is 4.96. The van der Waals surface area contributed by atoms with Gasteiger partial charge in [0.15, 0.2) is 0 Å². The first kappa shape index (κ1) is 1.18. The van der Waals surface area contributed by atoms with E-state index < -0.39 is 38.9 Å². The fraction of sp³-hybridized carbons (Fsp3) is 0.500. The third kappa shape index (κ3) is 3.83. The molecule has 0 aromatic heterocycles. The molecule has 1 heteroatoms. The van der Waals surface area contributed by atoms with Crippen LogP contribution in [0.25, 0.3) is 0 Å². The lowest BCUT2D eigenvalue weighted by molar-refractivity contribution is 0.419. The predicted octanol–water partition coefficient (Wildman–Crippen LogP) is 2.03. The van der Waals surface area contributed by atoms with Gasteiger partial charge in [0.25, 0.3) is 0 Å². The van der Waals surface area contributed by atoms with Crippen LogP contribution >= 0.6 is 0 Å².